The average Bonchev–Trinajstić information content (AvgIpc) is 3.63. The maximum atomic E-state index is 13.7. The van der Waals surface area contributed by atoms with E-state index in [9.17, 15) is 30.7 Å². The molecule has 4 aromatic carbocycles. The van der Waals surface area contributed by atoms with E-state index < -0.39 is 35.6 Å². The summed E-state index contributed by atoms with van der Waals surface area (Å²) < 4.78 is 73.1. The van der Waals surface area contributed by atoms with E-state index in [0.717, 1.165) is 11.6 Å². The van der Waals surface area contributed by atoms with E-state index in [1.165, 1.54) is 34.2 Å². The average molecular weight is 664 g/mol. The number of thiazole rings is 1. The number of hydrogen-bond donors (Lipinski definition) is 3. The van der Waals surface area contributed by atoms with Gasteiger partial charge in [-0.3, -0.25) is 19.0 Å². The van der Waals surface area contributed by atoms with Crippen LogP contribution in [0, 0.1) is 0 Å². The highest BCUT2D eigenvalue weighted by Crippen LogP contribution is 2.33. The molecule has 0 fully saturated rings. The molecule has 0 amide bonds. The van der Waals surface area contributed by atoms with Gasteiger partial charge in [-0.15, -0.1) is 16.5 Å². The fraction of sp³-hybridized carbons (Fsp3) is 0.0345. The number of aromatic amines is 1. The number of rotatable bonds is 8. The Kier molecular flexibility index (Phi) is 7.67. The van der Waals surface area contributed by atoms with Crippen LogP contribution in [0.5, 0.6) is 5.75 Å². The molecule has 6 rings (SSSR count). The van der Waals surface area contributed by atoms with Crippen LogP contribution in [0.15, 0.2) is 115 Å². The highest BCUT2D eigenvalue weighted by Gasteiger charge is 2.22. The largest absolute Gasteiger partial charge is 0.497 e. The van der Waals surface area contributed by atoms with E-state index in [1.54, 1.807) is 43.5 Å². The molecule has 16 heteroatoms. The lowest BCUT2D eigenvalue weighted by atomic mass is 10.1. The van der Waals surface area contributed by atoms with Crippen molar-refractivity contribution in [2.45, 2.75) is 9.79 Å². The number of hydrogen-bond acceptors (Lipinski definition) is 10. The maximum absolute atomic E-state index is 13.7. The Bertz CT molecular complexity index is 2380. The molecular formula is C29H21N5O8S3. The van der Waals surface area contributed by atoms with Gasteiger partial charge in [0.15, 0.2) is 5.69 Å². The molecule has 0 saturated carbocycles. The minimum absolute atomic E-state index is 0.0192. The van der Waals surface area contributed by atoms with Gasteiger partial charge in [-0.1, -0.05) is 36.4 Å². The smallest absolute Gasteiger partial charge is 0.301 e. The van der Waals surface area contributed by atoms with Gasteiger partial charge in [0.05, 0.1) is 29.1 Å². The monoisotopic (exact) mass is 663 g/mol. The molecule has 45 heavy (non-hydrogen) atoms. The van der Waals surface area contributed by atoms with Crippen molar-refractivity contribution in [3.05, 3.63) is 101 Å². The van der Waals surface area contributed by atoms with Gasteiger partial charge in [-0.2, -0.15) is 26.6 Å². The predicted molar refractivity (Wildman–Crippen MR) is 167 cm³/mol. The SMILES string of the molecule is COc1ccc(-c2csc(-n3[nH]c(-c4ccccc4)c(N=Nc4ccc5c(S(=O)(=O)O)cc(S(=O)(=O)O)cc5c4)c3=O)n2)cc1. The van der Waals surface area contributed by atoms with Crippen molar-refractivity contribution in [2.24, 2.45) is 10.2 Å². The molecule has 0 bridgehead atoms. The van der Waals surface area contributed by atoms with Crippen molar-refractivity contribution in [1.29, 1.82) is 0 Å². The van der Waals surface area contributed by atoms with Crippen LogP contribution >= 0.6 is 11.3 Å². The lowest BCUT2D eigenvalue weighted by molar-refractivity contribution is 0.415. The van der Waals surface area contributed by atoms with Crippen LogP contribution in [0.4, 0.5) is 11.4 Å². The van der Waals surface area contributed by atoms with Crippen LogP contribution in [-0.4, -0.2) is 47.8 Å². The Morgan fingerprint density at radius 2 is 1.60 bits per heavy atom. The zero-order valence-corrected chi connectivity index (χ0v) is 25.5. The molecule has 0 aliphatic heterocycles. The van der Waals surface area contributed by atoms with Crippen molar-refractivity contribution >= 4 is 53.7 Å². The summed E-state index contributed by atoms with van der Waals surface area (Å²) in [6.07, 6.45) is 0. The Morgan fingerprint density at radius 3 is 2.27 bits per heavy atom. The number of fused-ring (bicyclic) bond motifs is 1. The summed E-state index contributed by atoms with van der Waals surface area (Å²) >= 11 is 1.24. The third-order valence-electron chi connectivity index (χ3n) is 6.71. The first kappa shape index (κ1) is 30.0. The molecule has 2 aromatic heterocycles. The fourth-order valence-electron chi connectivity index (χ4n) is 4.55. The molecule has 0 radical (unpaired) electrons. The summed E-state index contributed by atoms with van der Waals surface area (Å²) in [5.74, 6) is 0.696. The van der Waals surface area contributed by atoms with Gasteiger partial charge >= 0.3 is 5.56 Å². The minimum Gasteiger partial charge on any atom is -0.497 e. The number of aromatic nitrogens is 3. The summed E-state index contributed by atoms with van der Waals surface area (Å²) in [5.41, 5.74) is 2.00. The second-order valence-corrected chi connectivity index (χ2v) is 13.2. The summed E-state index contributed by atoms with van der Waals surface area (Å²) in [4.78, 5) is 16.8. The molecule has 6 aromatic rings. The Labute approximate surface area is 259 Å². The number of nitrogens with one attached hydrogen (secondary N) is 1. The van der Waals surface area contributed by atoms with E-state index >= 15 is 0 Å². The van der Waals surface area contributed by atoms with Gasteiger partial charge in [0, 0.05) is 21.9 Å². The standard InChI is InChI=1S/C29H21N5O8S3/c1-42-21-10-7-17(8-11-21)24-16-43-29(30-24)34-28(35)27(26(33-34)18-5-3-2-4-6-18)32-31-20-9-12-23-19(13-20)14-22(44(36,37)38)15-25(23)45(39,40)41/h2-16,33H,1H3,(H,36,37,38)(H,39,40,41). The van der Waals surface area contributed by atoms with Crippen LogP contribution in [0.3, 0.4) is 0 Å². The van der Waals surface area contributed by atoms with E-state index in [1.807, 2.05) is 23.6 Å². The highest BCUT2D eigenvalue weighted by molar-refractivity contribution is 7.86. The zero-order chi connectivity index (χ0) is 31.9. The van der Waals surface area contributed by atoms with E-state index in [4.69, 9.17) is 4.74 Å². The first-order chi connectivity index (χ1) is 21.4. The fourth-order valence-corrected chi connectivity index (χ4v) is 6.70. The van der Waals surface area contributed by atoms with Gasteiger partial charge in [0.1, 0.15) is 10.6 Å². The second-order valence-electron chi connectivity index (χ2n) is 9.56. The topological polar surface area (TPSA) is 193 Å². The summed E-state index contributed by atoms with van der Waals surface area (Å²) in [7, 11) is -8.10. The molecule has 0 aliphatic carbocycles. The molecule has 13 nitrogen and oxygen atoms in total. The van der Waals surface area contributed by atoms with E-state index in [0.29, 0.717) is 33.9 Å². The van der Waals surface area contributed by atoms with Crippen molar-refractivity contribution in [3.63, 3.8) is 0 Å². The predicted octanol–water partition coefficient (Wildman–Crippen LogP) is 6.03. The van der Waals surface area contributed by atoms with Crippen LogP contribution in [-0.2, 0) is 20.2 Å². The van der Waals surface area contributed by atoms with Gasteiger partial charge in [-0.05, 0) is 53.9 Å². The molecule has 0 atom stereocenters. The third kappa shape index (κ3) is 6.04. The molecule has 0 unspecified atom stereocenters. The number of H-pyrrole nitrogens is 1. The Morgan fingerprint density at radius 1 is 0.867 bits per heavy atom. The maximum Gasteiger partial charge on any atom is 0.301 e. The van der Waals surface area contributed by atoms with Crippen LogP contribution < -0.4 is 10.3 Å². The van der Waals surface area contributed by atoms with E-state index in [2.05, 4.69) is 20.3 Å². The van der Waals surface area contributed by atoms with Crippen molar-refractivity contribution < 1.29 is 30.7 Å². The van der Waals surface area contributed by atoms with Crippen LogP contribution in [0.1, 0.15) is 0 Å². The van der Waals surface area contributed by atoms with Crippen molar-refractivity contribution in [3.8, 4) is 33.4 Å². The number of azo groups is 1. The molecule has 0 saturated heterocycles. The Balaban J connectivity index is 1.44. The summed E-state index contributed by atoms with van der Waals surface area (Å²) in [6.45, 7) is 0. The highest BCUT2D eigenvalue weighted by atomic mass is 32.2. The molecule has 0 spiro atoms. The van der Waals surface area contributed by atoms with Crippen LogP contribution in [0.2, 0.25) is 0 Å². The summed E-state index contributed by atoms with van der Waals surface area (Å²) in [6, 6.07) is 21.9. The molecule has 2 heterocycles. The first-order valence-electron chi connectivity index (χ1n) is 12.9. The lowest BCUT2D eigenvalue weighted by Gasteiger charge is -2.07. The molecule has 228 valence electrons. The number of methoxy groups -OCH3 is 1. The molecule has 3 N–H and O–H groups in total. The van der Waals surface area contributed by atoms with Gasteiger partial charge in [-0.25, -0.2) is 4.98 Å². The normalized spacial score (nSPS) is 12.2. The van der Waals surface area contributed by atoms with Crippen molar-refractivity contribution in [1.82, 2.24) is 14.8 Å². The van der Waals surface area contributed by atoms with E-state index in [-0.39, 0.29) is 22.1 Å². The lowest BCUT2D eigenvalue weighted by Crippen LogP contribution is -2.13. The number of benzene rings is 4. The zero-order valence-electron chi connectivity index (χ0n) is 23.0. The molecular weight excluding hydrogens is 643 g/mol. The first-order valence-corrected chi connectivity index (χ1v) is 16.6. The van der Waals surface area contributed by atoms with Crippen LogP contribution in [0.25, 0.3) is 38.4 Å². The molecule has 0 aliphatic rings. The number of ether oxygens (including phenoxy) is 1. The van der Waals surface area contributed by atoms with Gasteiger partial charge < -0.3 is 4.74 Å². The quantitative estimate of drug-likeness (QED) is 0.129. The number of nitrogens with zero attached hydrogens (tertiary/aromatic N) is 4. The third-order valence-corrected chi connectivity index (χ3v) is 9.26. The second kappa shape index (κ2) is 11.5. The Hall–Kier alpha value is -5.00. The van der Waals surface area contributed by atoms with Crippen molar-refractivity contribution in [2.75, 3.05) is 7.11 Å². The minimum atomic E-state index is -4.85. The van der Waals surface area contributed by atoms with Gasteiger partial charge in [0.2, 0.25) is 5.13 Å². The summed E-state index contributed by atoms with van der Waals surface area (Å²) in [5, 5.41) is 13.6. The van der Waals surface area contributed by atoms with Gasteiger partial charge in [0.25, 0.3) is 20.2 Å².